The van der Waals surface area contributed by atoms with E-state index in [-0.39, 0.29) is 5.41 Å². The second-order valence-corrected chi connectivity index (χ2v) is 3.87. The maximum Gasteiger partial charge on any atom is 0.0520 e. The molecule has 1 aromatic heterocycles. The van der Waals surface area contributed by atoms with E-state index in [0.717, 1.165) is 24.2 Å². The fraction of sp³-hybridized carbons (Fsp3) is 0.455. The van der Waals surface area contributed by atoms with Crippen molar-refractivity contribution in [1.29, 1.82) is 0 Å². The molecule has 0 aliphatic heterocycles. The van der Waals surface area contributed by atoms with E-state index in [1.54, 1.807) is 6.20 Å². The fourth-order valence-electron chi connectivity index (χ4n) is 1.96. The molecule has 3 heteroatoms. The maximum absolute atomic E-state index is 5.61. The number of aromatic nitrogens is 1. The monoisotopic (exact) mass is 189 g/mol. The highest BCUT2D eigenvalue weighted by atomic mass is 14.8. The van der Waals surface area contributed by atoms with E-state index in [1.165, 1.54) is 6.42 Å². The number of aliphatic imine (C=N–C) groups is 1. The number of nitrogens with zero attached hydrogens (tertiary/aromatic N) is 2. The van der Waals surface area contributed by atoms with Crippen LogP contribution in [0.4, 0.5) is 5.69 Å². The van der Waals surface area contributed by atoms with Crippen LogP contribution in [0.2, 0.25) is 0 Å². The molecule has 0 spiro atoms. The summed E-state index contributed by atoms with van der Waals surface area (Å²) in [5, 5.41) is 0. The first-order chi connectivity index (χ1) is 6.77. The lowest BCUT2D eigenvalue weighted by Gasteiger charge is -2.37. The van der Waals surface area contributed by atoms with Crippen LogP contribution in [0.3, 0.4) is 0 Å². The predicted molar refractivity (Wildman–Crippen MR) is 58.6 cm³/mol. The Balaban J connectivity index is 2.32. The van der Waals surface area contributed by atoms with Crippen LogP contribution in [-0.4, -0.2) is 18.2 Å². The molecule has 74 valence electrons. The van der Waals surface area contributed by atoms with Gasteiger partial charge in [-0.05, 0) is 25.0 Å². The van der Waals surface area contributed by atoms with E-state index >= 15 is 0 Å². The van der Waals surface area contributed by atoms with Crippen molar-refractivity contribution in [2.24, 2.45) is 4.99 Å². The minimum Gasteiger partial charge on any atom is -0.397 e. The summed E-state index contributed by atoms with van der Waals surface area (Å²) in [6, 6.07) is 3.92. The summed E-state index contributed by atoms with van der Waals surface area (Å²) in [6.45, 7) is 0. The van der Waals surface area contributed by atoms with Crippen molar-refractivity contribution >= 4 is 11.9 Å². The van der Waals surface area contributed by atoms with Crippen LogP contribution in [0.1, 0.15) is 25.0 Å². The van der Waals surface area contributed by atoms with Gasteiger partial charge in [-0.15, -0.1) is 0 Å². The smallest absolute Gasteiger partial charge is 0.0520 e. The van der Waals surface area contributed by atoms with E-state index in [9.17, 15) is 0 Å². The molecule has 0 amide bonds. The molecular weight excluding hydrogens is 174 g/mol. The third-order valence-corrected chi connectivity index (χ3v) is 2.92. The molecule has 3 nitrogen and oxygen atoms in total. The van der Waals surface area contributed by atoms with Crippen molar-refractivity contribution < 1.29 is 0 Å². The Kier molecular flexibility index (Phi) is 2.23. The van der Waals surface area contributed by atoms with Gasteiger partial charge in [0.25, 0.3) is 0 Å². The van der Waals surface area contributed by atoms with Crippen molar-refractivity contribution in [3.05, 3.63) is 24.0 Å². The quantitative estimate of drug-likeness (QED) is 0.721. The normalized spacial score (nSPS) is 19.5. The van der Waals surface area contributed by atoms with Crippen LogP contribution < -0.4 is 5.73 Å². The summed E-state index contributed by atoms with van der Waals surface area (Å²) in [7, 11) is 1.82. The number of hydrogen-bond acceptors (Lipinski definition) is 3. The molecule has 1 fully saturated rings. The van der Waals surface area contributed by atoms with Crippen LogP contribution in [0, 0.1) is 0 Å². The van der Waals surface area contributed by atoms with Gasteiger partial charge in [0.1, 0.15) is 0 Å². The molecule has 0 unspecified atom stereocenters. The van der Waals surface area contributed by atoms with Crippen molar-refractivity contribution in [1.82, 2.24) is 4.98 Å². The largest absolute Gasteiger partial charge is 0.397 e. The summed E-state index contributed by atoms with van der Waals surface area (Å²) >= 11 is 0. The maximum atomic E-state index is 5.61. The number of pyridine rings is 1. The predicted octanol–water partition coefficient (Wildman–Crippen LogP) is 1.79. The van der Waals surface area contributed by atoms with Crippen LogP contribution in [0.15, 0.2) is 23.3 Å². The Morgan fingerprint density at radius 2 is 2.29 bits per heavy atom. The average Bonchev–Trinajstić information content (AvgIpc) is 2.13. The van der Waals surface area contributed by atoms with Gasteiger partial charge in [-0.3, -0.25) is 9.98 Å². The number of rotatable bonds is 2. The van der Waals surface area contributed by atoms with Gasteiger partial charge in [0.15, 0.2) is 0 Å². The molecule has 1 aliphatic carbocycles. The molecule has 0 atom stereocenters. The Labute approximate surface area is 84.1 Å². The molecule has 1 heterocycles. The van der Waals surface area contributed by atoms with Crippen LogP contribution in [0.25, 0.3) is 0 Å². The number of anilines is 1. The SMILES string of the molecule is C/N=C/C1(c2ccc(N)cn2)CCC1. The van der Waals surface area contributed by atoms with Crippen LogP contribution in [0.5, 0.6) is 0 Å². The standard InChI is InChI=1S/C11H15N3/c1-13-8-11(5-2-6-11)10-4-3-9(12)7-14-10/h3-4,7-8H,2,5-6,12H2,1H3/b13-8+. The Morgan fingerprint density at radius 3 is 2.71 bits per heavy atom. The number of hydrogen-bond donors (Lipinski definition) is 1. The minimum absolute atomic E-state index is 0.0997. The molecule has 0 bridgehead atoms. The first-order valence-electron chi connectivity index (χ1n) is 4.92. The average molecular weight is 189 g/mol. The molecular formula is C11H15N3. The highest BCUT2D eigenvalue weighted by Gasteiger charge is 2.38. The molecule has 2 N–H and O–H groups in total. The first-order valence-corrected chi connectivity index (χ1v) is 4.92. The highest BCUT2D eigenvalue weighted by Crippen LogP contribution is 2.41. The number of nitrogens with two attached hydrogens (primary N) is 1. The van der Waals surface area contributed by atoms with Gasteiger partial charge in [-0.25, -0.2) is 0 Å². The van der Waals surface area contributed by atoms with Gasteiger partial charge in [0, 0.05) is 18.7 Å². The second-order valence-electron chi connectivity index (χ2n) is 3.87. The zero-order chi connectivity index (χ0) is 10.0. The minimum atomic E-state index is 0.0997. The summed E-state index contributed by atoms with van der Waals surface area (Å²) < 4.78 is 0. The van der Waals surface area contributed by atoms with E-state index < -0.39 is 0 Å². The zero-order valence-corrected chi connectivity index (χ0v) is 8.40. The molecule has 0 aromatic carbocycles. The summed E-state index contributed by atoms with van der Waals surface area (Å²) in [4.78, 5) is 8.51. The second kappa shape index (κ2) is 3.40. The zero-order valence-electron chi connectivity index (χ0n) is 8.40. The Bertz CT molecular complexity index is 336. The third kappa shape index (κ3) is 1.39. The lowest BCUT2D eigenvalue weighted by Crippen LogP contribution is -2.36. The van der Waals surface area contributed by atoms with Gasteiger partial charge < -0.3 is 5.73 Å². The number of nitrogen functional groups attached to an aromatic ring is 1. The van der Waals surface area contributed by atoms with Gasteiger partial charge in [-0.2, -0.15) is 0 Å². The van der Waals surface area contributed by atoms with Crippen molar-refractivity contribution in [3.63, 3.8) is 0 Å². The Morgan fingerprint density at radius 1 is 1.50 bits per heavy atom. The van der Waals surface area contributed by atoms with Crippen molar-refractivity contribution in [2.75, 3.05) is 12.8 Å². The molecule has 1 aliphatic rings. The van der Waals surface area contributed by atoms with Gasteiger partial charge in [0.2, 0.25) is 0 Å². The highest BCUT2D eigenvalue weighted by molar-refractivity contribution is 5.74. The summed E-state index contributed by atoms with van der Waals surface area (Å²) in [6.07, 6.45) is 7.31. The van der Waals surface area contributed by atoms with Gasteiger partial charge in [-0.1, -0.05) is 6.42 Å². The third-order valence-electron chi connectivity index (χ3n) is 2.92. The van der Waals surface area contributed by atoms with E-state index in [2.05, 4.69) is 9.98 Å². The molecule has 0 saturated heterocycles. The van der Waals surface area contributed by atoms with Crippen LogP contribution in [-0.2, 0) is 5.41 Å². The Hall–Kier alpha value is -1.38. The summed E-state index contributed by atoms with van der Waals surface area (Å²) in [5.74, 6) is 0. The topological polar surface area (TPSA) is 51.3 Å². The molecule has 1 aromatic rings. The lowest BCUT2D eigenvalue weighted by atomic mass is 9.67. The van der Waals surface area contributed by atoms with E-state index in [4.69, 9.17) is 5.73 Å². The molecule has 0 radical (unpaired) electrons. The summed E-state index contributed by atoms with van der Waals surface area (Å²) in [5.41, 5.74) is 7.53. The molecule has 14 heavy (non-hydrogen) atoms. The van der Waals surface area contributed by atoms with E-state index in [0.29, 0.717) is 0 Å². The van der Waals surface area contributed by atoms with Crippen LogP contribution >= 0.6 is 0 Å². The van der Waals surface area contributed by atoms with E-state index in [1.807, 2.05) is 25.4 Å². The molecule has 1 saturated carbocycles. The first kappa shape index (κ1) is 9.19. The van der Waals surface area contributed by atoms with Crippen molar-refractivity contribution in [3.8, 4) is 0 Å². The fourth-order valence-corrected chi connectivity index (χ4v) is 1.96. The molecule has 2 rings (SSSR count). The van der Waals surface area contributed by atoms with Gasteiger partial charge in [0.05, 0.1) is 17.6 Å². The van der Waals surface area contributed by atoms with Gasteiger partial charge >= 0.3 is 0 Å². The van der Waals surface area contributed by atoms with Crippen molar-refractivity contribution in [2.45, 2.75) is 24.7 Å². The lowest BCUT2D eigenvalue weighted by molar-refractivity contribution is 0.339.